The van der Waals surface area contributed by atoms with E-state index in [2.05, 4.69) is 26.2 Å². The van der Waals surface area contributed by atoms with Crippen LogP contribution in [0.5, 0.6) is 0 Å². The van der Waals surface area contributed by atoms with Crippen molar-refractivity contribution in [1.29, 1.82) is 0 Å². The minimum atomic E-state index is -0.111. The van der Waals surface area contributed by atoms with Gasteiger partial charge in [-0.3, -0.25) is 14.2 Å². The normalized spacial score (nSPS) is 15.3. The summed E-state index contributed by atoms with van der Waals surface area (Å²) < 4.78 is 2.35. The van der Waals surface area contributed by atoms with Crippen molar-refractivity contribution < 1.29 is 4.79 Å². The lowest BCUT2D eigenvalue weighted by molar-refractivity contribution is -0.122. The fraction of sp³-hybridized carbons (Fsp3) is 0.438. The van der Waals surface area contributed by atoms with Crippen molar-refractivity contribution in [3.63, 3.8) is 0 Å². The topological polar surface area (TPSA) is 64.0 Å². The molecule has 1 aromatic carbocycles. The maximum Gasteiger partial charge on any atom is 0.261 e. The zero-order valence-corrected chi connectivity index (χ0v) is 13.8. The van der Waals surface area contributed by atoms with Crippen LogP contribution in [0.1, 0.15) is 32.1 Å². The average molecular weight is 364 g/mol. The summed E-state index contributed by atoms with van der Waals surface area (Å²) in [5.74, 6) is 0.00754. The molecule has 1 aliphatic carbocycles. The van der Waals surface area contributed by atoms with Crippen LogP contribution < -0.4 is 10.9 Å². The first kappa shape index (κ1) is 15.2. The molecule has 3 rings (SSSR count). The monoisotopic (exact) mass is 363 g/mol. The van der Waals surface area contributed by atoms with E-state index < -0.39 is 0 Å². The first-order valence-corrected chi connectivity index (χ1v) is 8.37. The van der Waals surface area contributed by atoms with Gasteiger partial charge in [0.1, 0.15) is 0 Å². The molecule has 0 unspecified atom stereocenters. The van der Waals surface area contributed by atoms with Crippen molar-refractivity contribution in [2.24, 2.45) is 0 Å². The van der Waals surface area contributed by atoms with E-state index >= 15 is 0 Å². The number of aromatic nitrogens is 2. The molecule has 2 aromatic rings. The van der Waals surface area contributed by atoms with E-state index in [1.807, 2.05) is 6.07 Å². The molecule has 0 saturated heterocycles. The highest BCUT2D eigenvalue weighted by Gasteiger charge is 2.17. The van der Waals surface area contributed by atoms with Gasteiger partial charge in [-0.15, -0.1) is 0 Å². The van der Waals surface area contributed by atoms with E-state index in [9.17, 15) is 9.59 Å². The van der Waals surface area contributed by atoms with Crippen LogP contribution in [-0.4, -0.2) is 21.5 Å². The molecule has 1 heterocycles. The van der Waals surface area contributed by atoms with Crippen LogP contribution in [-0.2, 0) is 11.3 Å². The summed E-state index contributed by atoms with van der Waals surface area (Å²) >= 11 is 3.36. The molecule has 1 saturated carbocycles. The van der Waals surface area contributed by atoms with Gasteiger partial charge in [-0.1, -0.05) is 28.8 Å². The molecule has 0 radical (unpaired) electrons. The van der Waals surface area contributed by atoms with E-state index in [1.54, 1.807) is 12.1 Å². The molecule has 0 aliphatic heterocycles. The standard InChI is InChI=1S/C16H18BrN3O2/c17-11-5-6-14-13(9-11)16(22)20(10-18-14)8-7-15(21)19-12-3-1-2-4-12/h5-6,9-10,12H,1-4,7-8H2,(H,19,21). The molecule has 0 atom stereocenters. The Morgan fingerprint density at radius 2 is 2.14 bits per heavy atom. The van der Waals surface area contributed by atoms with Gasteiger partial charge >= 0.3 is 0 Å². The number of rotatable bonds is 4. The number of benzene rings is 1. The van der Waals surface area contributed by atoms with Crippen LogP contribution in [0.2, 0.25) is 0 Å². The molecule has 116 valence electrons. The zero-order valence-electron chi connectivity index (χ0n) is 12.2. The Labute approximate surface area is 136 Å². The van der Waals surface area contributed by atoms with E-state index in [0.717, 1.165) is 17.3 Å². The maximum absolute atomic E-state index is 12.4. The van der Waals surface area contributed by atoms with Gasteiger partial charge in [0, 0.05) is 23.5 Å². The van der Waals surface area contributed by atoms with Crippen molar-refractivity contribution in [3.8, 4) is 0 Å². The summed E-state index contributed by atoms with van der Waals surface area (Å²) in [4.78, 5) is 28.6. The first-order chi connectivity index (χ1) is 10.6. The summed E-state index contributed by atoms with van der Waals surface area (Å²) in [6, 6.07) is 5.74. The second-order valence-corrected chi connectivity index (χ2v) is 6.62. The summed E-state index contributed by atoms with van der Waals surface area (Å²) in [7, 11) is 0. The van der Waals surface area contributed by atoms with Crippen LogP contribution in [0.25, 0.3) is 10.9 Å². The third-order valence-corrected chi connectivity index (χ3v) is 4.58. The largest absolute Gasteiger partial charge is 0.353 e. The van der Waals surface area contributed by atoms with E-state index in [0.29, 0.717) is 29.9 Å². The number of carbonyl (C=O) groups is 1. The molecule has 0 spiro atoms. The fourth-order valence-corrected chi connectivity index (χ4v) is 3.24. The number of fused-ring (bicyclic) bond motifs is 1. The number of nitrogens with one attached hydrogen (secondary N) is 1. The molecule has 22 heavy (non-hydrogen) atoms. The number of hydrogen-bond acceptors (Lipinski definition) is 3. The second kappa shape index (κ2) is 6.60. The maximum atomic E-state index is 12.4. The lowest BCUT2D eigenvalue weighted by Gasteiger charge is -2.12. The van der Waals surface area contributed by atoms with Gasteiger partial charge < -0.3 is 5.32 Å². The molecule has 1 aliphatic rings. The Morgan fingerprint density at radius 3 is 2.91 bits per heavy atom. The molecule has 5 nitrogen and oxygen atoms in total. The Balaban J connectivity index is 1.69. The van der Waals surface area contributed by atoms with Crippen molar-refractivity contribution in [3.05, 3.63) is 39.4 Å². The Morgan fingerprint density at radius 1 is 1.36 bits per heavy atom. The van der Waals surface area contributed by atoms with Crippen molar-refractivity contribution in [2.45, 2.75) is 44.7 Å². The SMILES string of the molecule is O=C(CCn1cnc2ccc(Br)cc2c1=O)NC1CCCC1. The van der Waals surface area contributed by atoms with Crippen LogP contribution in [0.4, 0.5) is 0 Å². The molecule has 1 aromatic heterocycles. The van der Waals surface area contributed by atoms with Crippen LogP contribution >= 0.6 is 15.9 Å². The fourth-order valence-electron chi connectivity index (χ4n) is 2.88. The lowest BCUT2D eigenvalue weighted by atomic mass is 10.2. The number of nitrogens with zero attached hydrogens (tertiary/aromatic N) is 2. The molecule has 1 amide bonds. The zero-order chi connectivity index (χ0) is 15.5. The average Bonchev–Trinajstić information content (AvgIpc) is 3.00. The van der Waals surface area contributed by atoms with Gasteiger partial charge in [0.2, 0.25) is 5.91 Å². The van der Waals surface area contributed by atoms with Gasteiger partial charge in [0.05, 0.1) is 17.2 Å². The quantitative estimate of drug-likeness (QED) is 0.907. The minimum absolute atomic E-state index is 0.00754. The van der Waals surface area contributed by atoms with Gasteiger partial charge in [-0.2, -0.15) is 0 Å². The highest BCUT2D eigenvalue weighted by Crippen LogP contribution is 2.17. The second-order valence-electron chi connectivity index (χ2n) is 5.70. The number of amides is 1. The minimum Gasteiger partial charge on any atom is -0.353 e. The predicted molar refractivity (Wildman–Crippen MR) is 88.7 cm³/mol. The van der Waals surface area contributed by atoms with Crippen LogP contribution in [0, 0.1) is 0 Å². The van der Waals surface area contributed by atoms with Crippen LogP contribution in [0.15, 0.2) is 33.8 Å². The smallest absolute Gasteiger partial charge is 0.261 e. The van der Waals surface area contributed by atoms with Crippen molar-refractivity contribution >= 4 is 32.7 Å². The van der Waals surface area contributed by atoms with Gasteiger partial charge in [0.15, 0.2) is 0 Å². The number of hydrogen-bond donors (Lipinski definition) is 1. The van der Waals surface area contributed by atoms with Crippen molar-refractivity contribution in [2.75, 3.05) is 0 Å². The predicted octanol–water partition coefficient (Wildman–Crippen LogP) is 2.61. The lowest BCUT2D eigenvalue weighted by Crippen LogP contribution is -2.34. The third kappa shape index (κ3) is 3.38. The molecule has 1 N–H and O–H groups in total. The summed E-state index contributed by atoms with van der Waals surface area (Å²) in [5, 5.41) is 3.60. The Kier molecular flexibility index (Phi) is 4.57. The van der Waals surface area contributed by atoms with Crippen molar-refractivity contribution in [1.82, 2.24) is 14.9 Å². The molecule has 1 fully saturated rings. The highest BCUT2D eigenvalue weighted by molar-refractivity contribution is 9.10. The molecule has 0 bridgehead atoms. The molecule has 6 heteroatoms. The third-order valence-electron chi connectivity index (χ3n) is 4.09. The summed E-state index contributed by atoms with van der Waals surface area (Å²) in [6.07, 6.45) is 6.33. The summed E-state index contributed by atoms with van der Waals surface area (Å²) in [6.45, 7) is 0.354. The van der Waals surface area contributed by atoms with E-state index in [4.69, 9.17) is 0 Å². The number of halogens is 1. The van der Waals surface area contributed by atoms with E-state index in [-0.39, 0.29) is 11.5 Å². The first-order valence-electron chi connectivity index (χ1n) is 7.57. The van der Waals surface area contributed by atoms with Crippen LogP contribution in [0.3, 0.4) is 0 Å². The summed E-state index contributed by atoms with van der Waals surface area (Å²) in [5.41, 5.74) is 0.555. The molecular formula is C16H18BrN3O2. The highest BCUT2D eigenvalue weighted by atomic mass is 79.9. The number of carbonyl (C=O) groups excluding carboxylic acids is 1. The van der Waals surface area contributed by atoms with E-state index in [1.165, 1.54) is 23.7 Å². The Hall–Kier alpha value is -1.69. The van der Waals surface area contributed by atoms with Gasteiger partial charge in [-0.25, -0.2) is 4.98 Å². The number of aryl methyl sites for hydroxylation is 1. The molecular weight excluding hydrogens is 346 g/mol. The van der Waals surface area contributed by atoms with Gasteiger partial charge in [0.25, 0.3) is 5.56 Å². The van der Waals surface area contributed by atoms with Gasteiger partial charge in [-0.05, 0) is 31.0 Å². The Bertz CT molecular complexity index is 751.